The number of nitrogens with zero attached hydrogens (tertiary/aromatic N) is 3. The Hall–Kier alpha value is -2.40. The SMILES string of the molecule is C=CNc1ccccc1.C=S1CCN(Cc2ccc(C3=NN=C(C(F)F)C3)cc2F)CC1.CSN. The zero-order valence-corrected chi connectivity index (χ0v) is 21.4. The minimum atomic E-state index is -2.61. The lowest BCUT2D eigenvalue weighted by Gasteiger charge is -2.28. The van der Waals surface area contributed by atoms with Crippen molar-refractivity contribution in [2.24, 2.45) is 15.3 Å². The second-order valence-electron chi connectivity index (χ2n) is 7.67. The summed E-state index contributed by atoms with van der Waals surface area (Å²) in [5.41, 5.74) is 2.34. The Morgan fingerprint density at radius 2 is 1.83 bits per heavy atom. The largest absolute Gasteiger partial charge is 0.362 e. The predicted molar refractivity (Wildman–Crippen MR) is 149 cm³/mol. The van der Waals surface area contributed by atoms with Crippen LogP contribution in [0.5, 0.6) is 0 Å². The molecule has 0 aromatic heterocycles. The van der Waals surface area contributed by atoms with Crippen LogP contribution in [-0.2, 0) is 6.54 Å². The van der Waals surface area contributed by atoms with E-state index >= 15 is 0 Å². The monoisotopic (exact) mass is 523 g/mol. The van der Waals surface area contributed by atoms with E-state index in [9.17, 15) is 13.2 Å². The molecule has 0 atom stereocenters. The Labute approximate surface area is 212 Å². The number of anilines is 1. The zero-order valence-electron chi connectivity index (χ0n) is 19.8. The van der Waals surface area contributed by atoms with Crippen LogP contribution in [0.1, 0.15) is 17.5 Å². The molecule has 3 N–H and O–H groups in total. The van der Waals surface area contributed by atoms with Gasteiger partial charge < -0.3 is 5.32 Å². The Balaban J connectivity index is 0.000000299. The Bertz CT molecular complexity index is 1020. The van der Waals surface area contributed by atoms with Crippen molar-refractivity contribution in [3.8, 4) is 0 Å². The van der Waals surface area contributed by atoms with E-state index in [0.717, 1.165) is 30.3 Å². The number of rotatable bonds is 6. The standard InChI is InChI=1S/C16H18F3N3S.C8H9N.CH5NS/c1-23-6-4-22(5-7-23)10-12-3-2-11(8-13(12)17)14-9-15(16(18)19)21-20-14;1-2-9-8-6-4-3-5-7-8;1-3-2/h2-3,8,16H,1,4-7,9-10H2;2-7,9H,1H2;2H2,1H3. The second-order valence-corrected chi connectivity index (χ2v) is 10.2. The van der Waals surface area contributed by atoms with Gasteiger partial charge in [0, 0.05) is 54.4 Å². The highest BCUT2D eigenvalue weighted by atomic mass is 32.2. The van der Waals surface area contributed by atoms with E-state index in [1.807, 2.05) is 36.6 Å². The molecule has 5 nitrogen and oxygen atoms in total. The summed E-state index contributed by atoms with van der Waals surface area (Å²) >= 11 is 1.25. The van der Waals surface area contributed by atoms with Crippen molar-refractivity contribution < 1.29 is 13.2 Å². The summed E-state index contributed by atoms with van der Waals surface area (Å²) in [6.45, 7) is 5.98. The molecular formula is C25H32F3N5S2. The van der Waals surface area contributed by atoms with Crippen molar-refractivity contribution in [2.75, 3.05) is 36.2 Å². The molecule has 0 unspecified atom stereocenters. The third-order valence-corrected chi connectivity index (χ3v) is 6.63. The van der Waals surface area contributed by atoms with Crippen molar-refractivity contribution in [1.82, 2.24) is 4.90 Å². The van der Waals surface area contributed by atoms with Gasteiger partial charge in [0.15, 0.2) is 0 Å². The van der Waals surface area contributed by atoms with E-state index in [-0.39, 0.29) is 28.4 Å². The number of para-hydroxylation sites is 1. The number of nitrogens with one attached hydrogen (secondary N) is 1. The van der Waals surface area contributed by atoms with Gasteiger partial charge in [0.1, 0.15) is 11.5 Å². The fourth-order valence-electron chi connectivity index (χ4n) is 3.28. The molecule has 4 rings (SSSR count). The molecule has 1 saturated heterocycles. The molecule has 1 fully saturated rings. The second kappa shape index (κ2) is 15.6. The molecule has 0 bridgehead atoms. The average Bonchev–Trinajstić information content (AvgIpc) is 3.35. The van der Waals surface area contributed by atoms with Gasteiger partial charge in [0.2, 0.25) is 0 Å². The lowest BCUT2D eigenvalue weighted by Crippen LogP contribution is -2.33. The van der Waals surface area contributed by atoms with Crippen LogP contribution in [0.2, 0.25) is 0 Å². The van der Waals surface area contributed by atoms with Crippen LogP contribution in [0.4, 0.5) is 18.9 Å². The fourth-order valence-corrected chi connectivity index (χ4v) is 4.52. The molecular weight excluding hydrogens is 491 g/mol. The van der Waals surface area contributed by atoms with Gasteiger partial charge in [0.25, 0.3) is 6.43 Å². The fraction of sp³-hybridized carbons (Fsp3) is 0.320. The van der Waals surface area contributed by atoms with Gasteiger partial charge in [-0.2, -0.15) is 20.7 Å². The molecule has 2 aliphatic rings. The first-order valence-electron chi connectivity index (χ1n) is 10.9. The van der Waals surface area contributed by atoms with Crippen molar-refractivity contribution >= 4 is 45.4 Å². The third kappa shape index (κ3) is 10.0. The molecule has 0 spiro atoms. The quantitative estimate of drug-likeness (QED) is 0.381. The summed E-state index contributed by atoms with van der Waals surface area (Å²) in [4.78, 5) is 2.22. The molecule has 0 saturated carbocycles. The number of alkyl halides is 2. The van der Waals surface area contributed by atoms with Crippen LogP contribution in [0.15, 0.2) is 71.5 Å². The Morgan fingerprint density at radius 3 is 2.37 bits per heavy atom. The van der Waals surface area contributed by atoms with E-state index in [4.69, 9.17) is 5.14 Å². The van der Waals surface area contributed by atoms with E-state index in [1.54, 1.807) is 18.3 Å². The van der Waals surface area contributed by atoms with Gasteiger partial charge in [-0.25, -0.2) is 13.2 Å². The van der Waals surface area contributed by atoms with Gasteiger partial charge in [-0.05, 0) is 30.7 Å². The maximum atomic E-state index is 14.3. The summed E-state index contributed by atoms with van der Waals surface area (Å²) in [5, 5.41) is 14.9. The topological polar surface area (TPSA) is 66.0 Å². The molecule has 2 aliphatic heterocycles. The molecule has 190 valence electrons. The smallest absolute Gasteiger partial charge is 0.278 e. The molecule has 0 radical (unpaired) electrons. The van der Waals surface area contributed by atoms with Crippen LogP contribution in [0.25, 0.3) is 0 Å². The van der Waals surface area contributed by atoms with Crippen molar-refractivity contribution in [1.29, 1.82) is 0 Å². The van der Waals surface area contributed by atoms with Crippen LogP contribution in [0, 0.1) is 5.82 Å². The van der Waals surface area contributed by atoms with Crippen LogP contribution < -0.4 is 10.5 Å². The average molecular weight is 524 g/mol. The Kier molecular flexibility index (Phi) is 12.8. The van der Waals surface area contributed by atoms with Crippen LogP contribution in [0.3, 0.4) is 0 Å². The predicted octanol–water partition coefficient (Wildman–Crippen LogP) is 5.62. The number of hydrogen-bond acceptors (Lipinski definition) is 6. The van der Waals surface area contributed by atoms with Crippen molar-refractivity contribution in [3.05, 3.63) is 78.3 Å². The highest BCUT2D eigenvalue weighted by Crippen LogP contribution is 2.21. The summed E-state index contributed by atoms with van der Waals surface area (Å²) in [6, 6.07) is 14.7. The molecule has 0 amide bonds. The first kappa shape index (κ1) is 28.8. The van der Waals surface area contributed by atoms with E-state index in [2.05, 4.69) is 32.9 Å². The number of halogens is 3. The van der Waals surface area contributed by atoms with Crippen LogP contribution >= 0.6 is 22.4 Å². The molecule has 10 heteroatoms. The van der Waals surface area contributed by atoms with Gasteiger partial charge in [0.05, 0.1) is 5.71 Å². The summed E-state index contributed by atoms with van der Waals surface area (Å²) in [6.07, 6.45) is 0.848. The van der Waals surface area contributed by atoms with E-state index < -0.39 is 6.43 Å². The summed E-state index contributed by atoms with van der Waals surface area (Å²) < 4.78 is 39.5. The summed E-state index contributed by atoms with van der Waals surface area (Å²) in [7, 11) is 0.238. The number of nitrogens with two attached hydrogens (primary N) is 1. The molecule has 2 heterocycles. The first-order valence-corrected chi connectivity index (χ1v) is 13.9. The number of hydrogen-bond donors (Lipinski definition) is 2. The van der Waals surface area contributed by atoms with Gasteiger partial charge in [-0.1, -0.05) is 54.7 Å². The Morgan fingerprint density at radius 1 is 1.17 bits per heavy atom. The molecule has 2 aromatic rings. The first-order chi connectivity index (χ1) is 16.9. The maximum Gasteiger partial charge on any atom is 0.278 e. The maximum absolute atomic E-state index is 14.3. The van der Waals surface area contributed by atoms with E-state index in [1.165, 1.54) is 18.0 Å². The highest BCUT2D eigenvalue weighted by molar-refractivity contribution is 8.14. The van der Waals surface area contributed by atoms with Gasteiger partial charge in [-0.3, -0.25) is 10.0 Å². The lowest BCUT2D eigenvalue weighted by molar-refractivity contribution is 0.224. The van der Waals surface area contributed by atoms with Gasteiger partial charge in [-0.15, -0.1) is 0 Å². The normalized spacial score (nSPS) is 15.8. The molecule has 35 heavy (non-hydrogen) atoms. The minimum absolute atomic E-state index is 0.0195. The van der Waals surface area contributed by atoms with Gasteiger partial charge >= 0.3 is 0 Å². The lowest BCUT2D eigenvalue weighted by atomic mass is 10.0. The van der Waals surface area contributed by atoms with Crippen molar-refractivity contribution in [3.63, 3.8) is 0 Å². The minimum Gasteiger partial charge on any atom is -0.362 e. The van der Waals surface area contributed by atoms with Crippen molar-refractivity contribution in [2.45, 2.75) is 19.4 Å². The molecule has 2 aromatic carbocycles. The zero-order chi connectivity index (χ0) is 25.6. The third-order valence-electron chi connectivity index (χ3n) is 5.11. The summed E-state index contributed by atoms with van der Waals surface area (Å²) in [5.74, 6) is 5.88. The van der Waals surface area contributed by atoms with Crippen LogP contribution in [-0.4, -0.2) is 59.5 Å². The molecule has 0 aliphatic carbocycles. The highest BCUT2D eigenvalue weighted by Gasteiger charge is 2.22. The number of benzene rings is 2. The van der Waals surface area contributed by atoms with E-state index in [0.29, 0.717) is 23.4 Å².